The van der Waals surface area contributed by atoms with E-state index in [0.717, 1.165) is 25.9 Å². The van der Waals surface area contributed by atoms with Crippen LogP contribution < -0.4 is 11.1 Å². The number of nitrogens with two attached hydrogens (primary N) is 1. The molecule has 104 valence electrons. The second-order valence-electron chi connectivity index (χ2n) is 4.67. The molecule has 0 bridgehead atoms. The third-order valence-corrected chi connectivity index (χ3v) is 3.27. The average Bonchev–Trinajstić information content (AvgIpc) is 2.99. The van der Waals surface area contributed by atoms with Crippen LogP contribution in [0.2, 0.25) is 0 Å². The van der Waals surface area contributed by atoms with Crippen LogP contribution in [0.5, 0.6) is 0 Å². The van der Waals surface area contributed by atoms with Crippen LogP contribution in [0.25, 0.3) is 0 Å². The largest absolute Gasteiger partial charge is 0.396 e. The molecule has 1 aliphatic rings. The Kier molecular flexibility index (Phi) is 4.03. The molecule has 0 aromatic carbocycles. The van der Waals surface area contributed by atoms with Gasteiger partial charge in [0.1, 0.15) is 5.69 Å². The maximum Gasteiger partial charge on any atom is 0.271 e. The lowest BCUT2D eigenvalue weighted by Gasteiger charge is -2.15. The Bertz CT molecular complexity index is 457. The fourth-order valence-electron chi connectivity index (χ4n) is 2.22. The van der Waals surface area contributed by atoms with E-state index in [1.54, 1.807) is 7.05 Å². The summed E-state index contributed by atoms with van der Waals surface area (Å²) in [5, 5.41) is 6.59. The van der Waals surface area contributed by atoms with Gasteiger partial charge in [-0.1, -0.05) is 0 Å². The van der Waals surface area contributed by atoms with Crippen LogP contribution in [-0.2, 0) is 11.8 Å². The van der Waals surface area contributed by atoms with Gasteiger partial charge in [0.05, 0.1) is 11.9 Å². The summed E-state index contributed by atoms with van der Waals surface area (Å²) in [6, 6.07) is 0. The van der Waals surface area contributed by atoms with Gasteiger partial charge in [-0.15, -0.1) is 0 Å². The van der Waals surface area contributed by atoms with Crippen molar-refractivity contribution in [2.45, 2.75) is 19.3 Å². The van der Waals surface area contributed by atoms with Crippen LogP contribution in [0, 0.1) is 0 Å². The van der Waals surface area contributed by atoms with Gasteiger partial charge in [0, 0.05) is 33.1 Å². The Morgan fingerprint density at radius 2 is 2.11 bits per heavy atom. The number of amides is 2. The summed E-state index contributed by atoms with van der Waals surface area (Å²) in [4.78, 5) is 25.5. The van der Waals surface area contributed by atoms with Crippen LogP contribution in [0.1, 0.15) is 29.8 Å². The molecular weight excluding hydrogens is 246 g/mol. The number of rotatable bonds is 4. The third-order valence-electron chi connectivity index (χ3n) is 3.27. The van der Waals surface area contributed by atoms with Crippen molar-refractivity contribution in [3.63, 3.8) is 0 Å². The Labute approximate surface area is 111 Å². The minimum absolute atomic E-state index is 0.0933. The quantitative estimate of drug-likeness (QED) is 0.784. The topological polar surface area (TPSA) is 93.2 Å². The number of likely N-dealkylation sites (tertiary alicyclic amines) is 1. The van der Waals surface area contributed by atoms with Crippen LogP contribution >= 0.6 is 0 Å². The van der Waals surface area contributed by atoms with Crippen molar-refractivity contribution < 1.29 is 9.59 Å². The second kappa shape index (κ2) is 5.73. The van der Waals surface area contributed by atoms with Crippen molar-refractivity contribution in [1.29, 1.82) is 0 Å². The summed E-state index contributed by atoms with van der Waals surface area (Å²) in [5.41, 5.74) is 6.32. The standard InChI is InChI=1S/C12H19N5O2/c1-16-11(9(13)8-15-16)12(19)14-5-4-10(18)17-6-2-3-7-17/h8H,2-7,13H2,1H3,(H,14,19). The number of nitrogens with one attached hydrogen (secondary N) is 1. The van der Waals surface area contributed by atoms with Crippen molar-refractivity contribution in [1.82, 2.24) is 20.0 Å². The van der Waals surface area contributed by atoms with E-state index in [1.807, 2.05) is 4.90 Å². The van der Waals surface area contributed by atoms with Gasteiger partial charge in [-0.05, 0) is 12.8 Å². The zero-order chi connectivity index (χ0) is 13.8. The number of nitrogens with zero attached hydrogens (tertiary/aromatic N) is 3. The van der Waals surface area contributed by atoms with Crippen molar-refractivity contribution in [3.8, 4) is 0 Å². The lowest BCUT2D eigenvalue weighted by Crippen LogP contribution is -2.33. The molecule has 1 aromatic rings. The first-order valence-corrected chi connectivity index (χ1v) is 6.43. The highest BCUT2D eigenvalue weighted by Gasteiger charge is 2.18. The third kappa shape index (κ3) is 3.04. The number of aryl methyl sites for hydroxylation is 1. The highest BCUT2D eigenvalue weighted by atomic mass is 16.2. The molecule has 2 rings (SSSR count). The smallest absolute Gasteiger partial charge is 0.271 e. The number of anilines is 1. The molecule has 1 saturated heterocycles. The molecule has 7 nitrogen and oxygen atoms in total. The number of carbonyl (C=O) groups is 2. The zero-order valence-electron chi connectivity index (χ0n) is 11.1. The molecule has 1 fully saturated rings. The SMILES string of the molecule is Cn1ncc(N)c1C(=O)NCCC(=O)N1CCCC1. The van der Waals surface area contributed by atoms with Crippen molar-refractivity contribution in [3.05, 3.63) is 11.9 Å². The molecular formula is C12H19N5O2. The van der Waals surface area contributed by atoms with Crippen LogP contribution in [-0.4, -0.2) is 46.1 Å². The molecule has 0 spiro atoms. The van der Waals surface area contributed by atoms with Gasteiger partial charge >= 0.3 is 0 Å². The van der Waals surface area contributed by atoms with Gasteiger partial charge < -0.3 is 16.0 Å². The molecule has 2 amide bonds. The highest BCUT2D eigenvalue weighted by molar-refractivity contribution is 5.97. The maximum absolute atomic E-state index is 11.9. The van der Waals surface area contributed by atoms with E-state index < -0.39 is 0 Å². The van der Waals surface area contributed by atoms with Gasteiger partial charge in [0.25, 0.3) is 5.91 Å². The summed E-state index contributed by atoms with van der Waals surface area (Å²) < 4.78 is 1.42. The van der Waals surface area contributed by atoms with Gasteiger partial charge in [-0.3, -0.25) is 14.3 Å². The fraction of sp³-hybridized carbons (Fsp3) is 0.583. The fourth-order valence-corrected chi connectivity index (χ4v) is 2.22. The summed E-state index contributed by atoms with van der Waals surface area (Å²) in [5.74, 6) is -0.206. The van der Waals surface area contributed by atoms with E-state index in [1.165, 1.54) is 10.9 Å². The van der Waals surface area contributed by atoms with Crippen molar-refractivity contribution >= 4 is 17.5 Å². The summed E-state index contributed by atoms with van der Waals surface area (Å²) in [7, 11) is 1.65. The van der Waals surface area contributed by atoms with Crippen molar-refractivity contribution in [2.24, 2.45) is 7.05 Å². The summed E-state index contributed by atoms with van der Waals surface area (Å²) >= 11 is 0. The van der Waals surface area contributed by atoms with E-state index in [9.17, 15) is 9.59 Å². The Morgan fingerprint density at radius 3 is 2.68 bits per heavy atom. The first kappa shape index (κ1) is 13.4. The number of nitrogen functional groups attached to an aromatic ring is 1. The Morgan fingerprint density at radius 1 is 1.42 bits per heavy atom. The normalized spacial score (nSPS) is 14.7. The van der Waals surface area contributed by atoms with Gasteiger partial charge in [0.15, 0.2) is 0 Å². The van der Waals surface area contributed by atoms with Gasteiger partial charge in [0.2, 0.25) is 5.91 Å². The minimum atomic E-state index is -0.299. The molecule has 0 unspecified atom stereocenters. The molecule has 1 aromatic heterocycles. The second-order valence-corrected chi connectivity index (χ2v) is 4.67. The molecule has 3 N–H and O–H groups in total. The van der Waals surface area contributed by atoms with Crippen LogP contribution in [0.3, 0.4) is 0 Å². The molecule has 0 aliphatic carbocycles. The Hall–Kier alpha value is -2.05. The monoisotopic (exact) mass is 265 g/mol. The zero-order valence-corrected chi connectivity index (χ0v) is 11.1. The number of carbonyl (C=O) groups excluding carboxylic acids is 2. The van der Waals surface area contributed by atoms with E-state index in [0.29, 0.717) is 24.3 Å². The molecule has 0 saturated carbocycles. The first-order valence-electron chi connectivity index (χ1n) is 6.43. The lowest BCUT2D eigenvalue weighted by atomic mass is 10.3. The lowest BCUT2D eigenvalue weighted by molar-refractivity contribution is -0.129. The molecule has 0 radical (unpaired) electrons. The van der Waals surface area contributed by atoms with Crippen LogP contribution in [0.4, 0.5) is 5.69 Å². The van der Waals surface area contributed by atoms with Gasteiger partial charge in [-0.2, -0.15) is 5.10 Å². The number of hydrogen-bond donors (Lipinski definition) is 2. The molecule has 1 aliphatic heterocycles. The van der Waals surface area contributed by atoms with Gasteiger partial charge in [-0.25, -0.2) is 0 Å². The Balaban J connectivity index is 1.79. The van der Waals surface area contributed by atoms with Crippen molar-refractivity contribution in [2.75, 3.05) is 25.4 Å². The van der Waals surface area contributed by atoms with E-state index in [2.05, 4.69) is 10.4 Å². The van der Waals surface area contributed by atoms with Crippen LogP contribution in [0.15, 0.2) is 6.20 Å². The molecule has 19 heavy (non-hydrogen) atoms. The highest BCUT2D eigenvalue weighted by Crippen LogP contribution is 2.10. The van der Waals surface area contributed by atoms with E-state index >= 15 is 0 Å². The van der Waals surface area contributed by atoms with E-state index in [-0.39, 0.29) is 11.8 Å². The number of hydrogen-bond acceptors (Lipinski definition) is 4. The number of aromatic nitrogens is 2. The summed E-state index contributed by atoms with van der Waals surface area (Å²) in [6.07, 6.45) is 3.90. The first-order chi connectivity index (χ1) is 9.09. The maximum atomic E-state index is 11.9. The average molecular weight is 265 g/mol. The predicted octanol–water partition coefficient (Wildman–Crippen LogP) is -0.255. The molecule has 7 heteroatoms. The predicted molar refractivity (Wildman–Crippen MR) is 70.4 cm³/mol. The minimum Gasteiger partial charge on any atom is -0.396 e. The molecule has 0 atom stereocenters. The molecule has 2 heterocycles. The van der Waals surface area contributed by atoms with E-state index in [4.69, 9.17) is 5.73 Å². The summed E-state index contributed by atoms with van der Waals surface area (Å²) in [6.45, 7) is 1.99.